The molecule has 0 spiro atoms. The average molecular weight is 727 g/mol. The molecular formula is C36H50N6O8S. The van der Waals surface area contributed by atoms with Gasteiger partial charge in [-0.2, -0.15) is 0 Å². The predicted octanol–water partition coefficient (Wildman–Crippen LogP) is 3.12. The minimum Gasteiger partial charge on any atom is -0.497 e. The Balaban J connectivity index is 1.45. The van der Waals surface area contributed by atoms with Gasteiger partial charge in [0, 0.05) is 36.5 Å². The van der Waals surface area contributed by atoms with Crippen LogP contribution in [0.1, 0.15) is 67.2 Å². The minimum absolute atomic E-state index is 0.0250. The van der Waals surface area contributed by atoms with Crippen LogP contribution < -0.4 is 24.8 Å². The van der Waals surface area contributed by atoms with Crippen LogP contribution in [0.2, 0.25) is 0 Å². The molecule has 2 aliphatic carbocycles. The van der Waals surface area contributed by atoms with E-state index in [0.29, 0.717) is 29.9 Å². The van der Waals surface area contributed by atoms with E-state index >= 15 is 0 Å². The summed E-state index contributed by atoms with van der Waals surface area (Å²) in [5.74, 6) is -1.56. The lowest BCUT2D eigenvalue weighted by Gasteiger charge is -2.38. The molecule has 3 N–H and O–H groups in total. The number of sulfonamides is 1. The van der Waals surface area contributed by atoms with E-state index in [2.05, 4.69) is 26.9 Å². The summed E-state index contributed by atoms with van der Waals surface area (Å²) < 4.78 is 39.3. The Hall–Kier alpha value is -4.40. The molecule has 0 unspecified atom stereocenters. The molecule has 1 aromatic carbocycles. The summed E-state index contributed by atoms with van der Waals surface area (Å²) in [6.45, 7) is 14.8. The Morgan fingerprint density at radius 2 is 1.80 bits per heavy atom. The number of pyridine rings is 1. The SMILES string of the molecule is C=C[C@@H]1C[C@]1(NC(=O)[C@@H]1C[C@@H](Oc2nccc3cc(OC)ccc23)CN1C(=O)[C@@H](NC(=O)N(C)C(C)(C)C)C(C)(C)C)C(=O)NS(=O)(=O)C1CC1. The number of nitrogens with one attached hydrogen (secondary N) is 3. The third-order valence-electron chi connectivity index (χ3n) is 10.0. The third-order valence-corrected chi connectivity index (χ3v) is 11.8. The number of carbonyl (C=O) groups is 4. The van der Waals surface area contributed by atoms with Crippen molar-refractivity contribution in [3.8, 4) is 11.6 Å². The molecule has 2 saturated carbocycles. The van der Waals surface area contributed by atoms with Gasteiger partial charge in [-0.25, -0.2) is 18.2 Å². The molecule has 2 aromatic rings. The molecule has 1 saturated heterocycles. The van der Waals surface area contributed by atoms with Gasteiger partial charge in [0.15, 0.2) is 0 Å². The topological polar surface area (TPSA) is 176 Å². The van der Waals surface area contributed by atoms with Gasteiger partial charge in [0.2, 0.25) is 27.7 Å². The standard InChI is InChI=1S/C36H50N6O8S/c1-10-22-19-36(22,32(45)40-51(47,48)25-12-13-25)39-29(43)27-18-24(50-30-26-14-11-23(49-9)17-21(26)15-16-37-30)20-42(27)31(44)28(34(2,3)4)38-33(46)41(8)35(5,6)7/h10-11,14-17,22,24-25,27-28H,1,12-13,18-20H2,2-9H3,(H,38,46)(H,39,43)(H,40,45)/t22-,24-,27+,28-,36-/m1/s1. The first-order valence-corrected chi connectivity index (χ1v) is 18.7. The Bertz CT molecular complexity index is 1830. The van der Waals surface area contributed by atoms with Crippen molar-refractivity contribution in [2.45, 2.75) is 102 Å². The van der Waals surface area contributed by atoms with Crippen molar-refractivity contribution < 1.29 is 37.1 Å². The maximum atomic E-state index is 14.6. The summed E-state index contributed by atoms with van der Waals surface area (Å²) in [7, 11) is -0.679. The van der Waals surface area contributed by atoms with E-state index in [1.165, 1.54) is 15.9 Å². The Morgan fingerprint density at radius 1 is 1.12 bits per heavy atom. The lowest BCUT2D eigenvalue weighted by molar-refractivity contribution is -0.142. The number of nitrogens with zero attached hydrogens (tertiary/aromatic N) is 3. The highest BCUT2D eigenvalue weighted by molar-refractivity contribution is 7.91. The van der Waals surface area contributed by atoms with E-state index in [-0.39, 0.29) is 19.4 Å². The maximum absolute atomic E-state index is 14.6. The molecule has 3 fully saturated rings. The van der Waals surface area contributed by atoms with Crippen LogP contribution in [0.4, 0.5) is 4.79 Å². The van der Waals surface area contributed by atoms with Crippen LogP contribution in [0.5, 0.6) is 11.6 Å². The Labute approximate surface area is 299 Å². The van der Waals surface area contributed by atoms with Gasteiger partial charge in [-0.3, -0.25) is 19.1 Å². The highest BCUT2D eigenvalue weighted by Gasteiger charge is 2.62. The summed E-state index contributed by atoms with van der Waals surface area (Å²) >= 11 is 0. The van der Waals surface area contributed by atoms with Gasteiger partial charge >= 0.3 is 6.03 Å². The van der Waals surface area contributed by atoms with E-state index in [1.807, 2.05) is 59.7 Å². The summed E-state index contributed by atoms with van der Waals surface area (Å²) in [6, 6.07) is 4.62. The van der Waals surface area contributed by atoms with Crippen LogP contribution in [0.25, 0.3) is 10.8 Å². The van der Waals surface area contributed by atoms with Crippen LogP contribution in [0, 0.1) is 11.3 Å². The number of amides is 5. The second kappa shape index (κ2) is 13.6. The second-order valence-electron chi connectivity index (χ2n) is 15.8. The van der Waals surface area contributed by atoms with Crippen molar-refractivity contribution in [1.82, 2.24) is 30.1 Å². The quantitative estimate of drug-likeness (QED) is 0.294. The summed E-state index contributed by atoms with van der Waals surface area (Å²) in [5, 5.41) is 6.57. The molecule has 1 aliphatic heterocycles. The van der Waals surface area contributed by atoms with Crippen LogP contribution in [-0.2, 0) is 24.4 Å². The molecule has 15 heteroatoms. The van der Waals surface area contributed by atoms with E-state index in [9.17, 15) is 27.6 Å². The molecule has 14 nitrogen and oxygen atoms in total. The van der Waals surface area contributed by atoms with Crippen LogP contribution >= 0.6 is 0 Å². The molecule has 5 atom stereocenters. The van der Waals surface area contributed by atoms with Crippen molar-refractivity contribution in [2.75, 3.05) is 20.7 Å². The Morgan fingerprint density at radius 3 is 2.37 bits per heavy atom. The maximum Gasteiger partial charge on any atom is 0.318 e. The second-order valence-corrected chi connectivity index (χ2v) is 17.8. The first-order valence-electron chi connectivity index (χ1n) is 17.2. The van der Waals surface area contributed by atoms with Gasteiger partial charge in [0.1, 0.15) is 29.5 Å². The van der Waals surface area contributed by atoms with Crippen molar-refractivity contribution in [1.29, 1.82) is 0 Å². The molecule has 3 aliphatic rings. The largest absolute Gasteiger partial charge is 0.497 e. The van der Waals surface area contributed by atoms with Gasteiger partial charge in [-0.15, -0.1) is 6.58 Å². The van der Waals surface area contributed by atoms with Gasteiger partial charge in [-0.05, 0) is 75.1 Å². The lowest BCUT2D eigenvalue weighted by Crippen LogP contribution is -2.61. The molecule has 1 aromatic heterocycles. The number of hydrogen-bond donors (Lipinski definition) is 3. The number of likely N-dealkylation sites (tertiary alicyclic amines) is 1. The van der Waals surface area contributed by atoms with Crippen molar-refractivity contribution in [2.24, 2.45) is 11.3 Å². The summed E-state index contributed by atoms with van der Waals surface area (Å²) in [6.07, 6.45) is 3.51. The zero-order chi connectivity index (χ0) is 37.7. The first kappa shape index (κ1) is 37.8. The number of urea groups is 1. The van der Waals surface area contributed by atoms with Crippen LogP contribution in [0.15, 0.2) is 43.1 Å². The highest BCUT2D eigenvalue weighted by Crippen LogP contribution is 2.45. The molecule has 51 heavy (non-hydrogen) atoms. The van der Waals surface area contributed by atoms with E-state index < -0.39 is 79.6 Å². The zero-order valence-electron chi connectivity index (χ0n) is 30.6. The zero-order valence-corrected chi connectivity index (χ0v) is 31.4. The van der Waals surface area contributed by atoms with Crippen LogP contribution in [-0.4, -0.2) is 102 Å². The predicted molar refractivity (Wildman–Crippen MR) is 191 cm³/mol. The number of fused-ring (bicyclic) bond motifs is 1. The molecule has 5 amide bonds. The fourth-order valence-corrected chi connectivity index (χ4v) is 7.60. The number of hydrogen-bond acceptors (Lipinski definition) is 9. The highest BCUT2D eigenvalue weighted by atomic mass is 32.2. The minimum atomic E-state index is -3.89. The van der Waals surface area contributed by atoms with Gasteiger partial charge in [-0.1, -0.05) is 26.8 Å². The summed E-state index contributed by atoms with van der Waals surface area (Å²) in [5.41, 5.74) is -2.85. The number of aromatic nitrogens is 1. The number of ether oxygens (including phenoxy) is 2. The van der Waals surface area contributed by atoms with Gasteiger partial charge in [0.25, 0.3) is 5.91 Å². The molecule has 2 heterocycles. The smallest absolute Gasteiger partial charge is 0.318 e. The number of benzene rings is 1. The Kier molecular flexibility index (Phi) is 10.1. The summed E-state index contributed by atoms with van der Waals surface area (Å²) in [4.78, 5) is 63.0. The van der Waals surface area contributed by atoms with E-state index in [1.54, 1.807) is 26.4 Å². The average Bonchev–Trinajstić information content (AvgIpc) is 3.98. The molecule has 5 rings (SSSR count). The van der Waals surface area contributed by atoms with Crippen molar-refractivity contribution in [3.05, 3.63) is 43.1 Å². The normalized spacial score (nSPS) is 23.9. The molecular weight excluding hydrogens is 676 g/mol. The number of rotatable bonds is 11. The molecule has 0 radical (unpaired) electrons. The van der Waals surface area contributed by atoms with Gasteiger partial charge < -0.3 is 29.9 Å². The first-order chi connectivity index (χ1) is 23.7. The fourth-order valence-electron chi connectivity index (χ4n) is 6.24. The number of carbonyl (C=O) groups excluding carboxylic acids is 4. The number of methoxy groups -OCH3 is 1. The van der Waals surface area contributed by atoms with E-state index in [4.69, 9.17) is 9.47 Å². The monoisotopic (exact) mass is 726 g/mol. The lowest BCUT2D eigenvalue weighted by atomic mass is 9.85. The molecule has 0 bridgehead atoms. The fraction of sp³-hybridized carbons (Fsp3) is 0.583. The third kappa shape index (κ3) is 7.92. The molecule has 278 valence electrons. The van der Waals surface area contributed by atoms with E-state index in [0.717, 1.165) is 5.39 Å². The van der Waals surface area contributed by atoms with Crippen molar-refractivity contribution in [3.63, 3.8) is 0 Å². The van der Waals surface area contributed by atoms with Gasteiger partial charge in [0.05, 0.1) is 18.9 Å². The van der Waals surface area contributed by atoms with Crippen LogP contribution in [0.3, 0.4) is 0 Å². The van der Waals surface area contributed by atoms with Crippen molar-refractivity contribution >= 4 is 44.5 Å².